The Labute approximate surface area is 144 Å². The normalized spacial score (nSPS) is 10.7. The molecule has 0 saturated heterocycles. The number of Topliss-reactive ketones (excluding diaryl/α,β-unsaturated/α-hetero) is 1. The molecular formula is C19H41NO3. The summed E-state index contributed by atoms with van der Waals surface area (Å²) in [6, 6.07) is 0. The zero-order chi connectivity index (χ0) is 19.1. The molecule has 0 heterocycles. The second-order valence-electron chi connectivity index (χ2n) is 7.20. The predicted octanol–water partition coefficient (Wildman–Crippen LogP) is 4.61. The quantitative estimate of drug-likeness (QED) is 0.706. The molecule has 0 aliphatic carbocycles. The monoisotopic (exact) mass is 331 g/mol. The van der Waals surface area contributed by atoms with Gasteiger partial charge in [0.05, 0.1) is 0 Å². The Balaban J connectivity index is -0.000000919. The van der Waals surface area contributed by atoms with Gasteiger partial charge >= 0.3 is 0 Å². The molecule has 1 amide bonds. The Morgan fingerprint density at radius 1 is 0.870 bits per heavy atom. The SMILES string of the molecule is CC.CC.CC(=O)COCC(=O)NCC(C)(C)CCC(C)(C)C. The van der Waals surface area contributed by atoms with E-state index in [9.17, 15) is 9.59 Å². The van der Waals surface area contributed by atoms with Gasteiger partial charge in [0.15, 0.2) is 5.78 Å². The van der Waals surface area contributed by atoms with Crippen LogP contribution >= 0.6 is 0 Å². The van der Waals surface area contributed by atoms with Gasteiger partial charge in [-0.2, -0.15) is 0 Å². The maximum absolute atomic E-state index is 11.5. The first-order valence-corrected chi connectivity index (χ1v) is 8.86. The Bertz CT molecular complexity index is 304. The van der Waals surface area contributed by atoms with Crippen LogP contribution in [0.1, 0.15) is 82.1 Å². The lowest BCUT2D eigenvalue weighted by Gasteiger charge is -2.29. The van der Waals surface area contributed by atoms with Gasteiger partial charge in [-0.15, -0.1) is 0 Å². The molecule has 0 spiro atoms. The number of rotatable bonds is 8. The predicted molar refractivity (Wildman–Crippen MR) is 99.7 cm³/mol. The first-order valence-electron chi connectivity index (χ1n) is 8.86. The molecule has 0 saturated carbocycles. The zero-order valence-corrected chi connectivity index (χ0v) is 17.3. The van der Waals surface area contributed by atoms with Gasteiger partial charge in [-0.3, -0.25) is 9.59 Å². The van der Waals surface area contributed by atoms with Crippen molar-refractivity contribution < 1.29 is 14.3 Å². The van der Waals surface area contributed by atoms with E-state index in [0.717, 1.165) is 12.8 Å². The zero-order valence-electron chi connectivity index (χ0n) is 17.3. The van der Waals surface area contributed by atoms with Gasteiger partial charge in [0.2, 0.25) is 5.91 Å². The van der Waals surface area contributed by atoms with E-state index in [0.29, 0.717) is 12.0 Å². The maximum atomic E-state index is 11.5. The summed E-state index contributed by atoms with van der Waals surface area (Å²) in [6.45, 7) is 21.0. The van der Waals surface area contributed by atoms with Gasteiger partial charge in [-0.1, -0.05) is 62.3 Å². The summed E-state index contributed by atoms with van der Waals surface area (Å²) in [5, 5.41) is 2.86. The average Bonchev–Trinajstić information content (AvgIpc) is 2.47. The van der Waals surface area contributed by atoms with Crippen LogP contribution in [-0.2, 0) is 14.3 Å². The fourth-order valence-electron chi connectivity index (χ4n) is 1.48. The molecule has 0 unspecified atom stereocenters. The highest BCUT2D eigenvalue weighted by Crippen LogP contribution is 2.29. The molecule has 4 heteroatoms. The van der Waals surface area contributed by atoms with Crippen molar-refractivity contribution in [1.82, 2.24) is 5.32 Å². The third-order valence-electron chi connectivity index (χ3n) is 2.85. The van der Waals surface area contributed by atoms with Crippen LogP contribution < -0.4 is 5.32 Å². The topological polar surface area (TPSA) is 55.4 Å². The van der Waals surface area contributed by atoms with Crippen LogP contribution in [0.4, 0.5) is 0 Å². The van der Waals surface area contributed by atoms with E-state index < -0.39 is 0 Å². The molecule has 0 bridgehead atoms. The minimum absolute atomic E-state index is 0.000830. The second-order valence-corrected chi connectivity index (χ2v) is 7.20. The minimum Gasteiger partial charge on any atom is -0.364 e. The van der Waals surface area contributed by atoms with Crippen LogP contribution in [0.25, 0.3) is 0 Å². The molecule has 23 heavy (non-hydrogen) atoms. The summed E-state index contributed by atoms with van der Waals surface area (Å²) < 4.78 is 4.97. The standard InChI is InChI=1S/C15H29NO3.2C2H6/c1-12(17)9-19-10-13(18)16-11-15(5,6)8-7-14(2,3)4;2*1-2/h7-11H2,1-6H3,(H,16,18);2*1-2H3. The Morgan fingerprint density at radius 2 is 1.35 bits per heavy atom. The van der Waals surface area contributed by atoms with Crippen molar-refractivity contribution in [3.05, 3.63) is 0 Å². The molecule has 0 fully saturated rings. The average molecular weight is 332 g/mol. The first-order chi connectivity index (χ1) is 10.5. The Morgan fingerprint density at radius 3 is 1.74 bits per heavy atom. The van der Waals surface area contributed by atoms with Crippen molar-refractivity contribution in [3.63, 3.8) is 0 Å². The molecule has 0 atom stereocenters. The fourth-order valence-corrected chi connectivity index (χ4v) is 1.48. The molecule has 0 aliphatic rings. The molecule has 0 aromatic carbocycles. The Hall–Kier alpha value is -0.900. The van der Waals surface area contributed by atoms with Crippen LogP contribution in [0, 0.1) is 10.8 Å². The van der Waals surface area contributed by atoms with E-state index in [1.165, 1.54) is 6.92 Å². The Kier molecular flexibility index (Phi) is 17.2. The van der Waals surface area contributed by atoms with Gasteiger partial charge in [0, 0.05) is 6.54 Å². The number of ether oxygens (including phenoxy) is 1. The van der Waals surface area contributed by atoms with Gasteiger partial charge in [-0.25, -0.2) is 0 Å². The molecule has 140 valence electrons. The third kappa shape index (κ3) is 23.5. The molecule has 0 radical (unpaired) electrons. The highest BCUT2D eigenvalue weighted by atomic mass is 16.5. The largest absolute Gasteiger partial charge is 0.364 e. The van der Waals surface area contributed by atoms with Crippen LogP contribution in [0.3, 0.4) is 0 Å². The van der Waals surface area contributed by atoms with Crippen LogP contribution in [-0.4, -0.2) is 31.4 Å². The number of nitrogens with one attached hydrogen (secondary N) is 1. The van der Waals surface area contributed by atoms with E-state index >= 15 is 0 Å². The number of carbonyl (C=O) groups excluding carboxylic acids is 2. The molecule has 0 aliphatic heterocycles. The summed E-state index contributed by atoms with van der Waals surface area (Å²) in [5.74, 6) is -0.233. The number of amides is 1. The molecule has 1 N–H and O–H groups in total. The van der Waals surface area contributed by atoms with Crippen molar-refractivity contribution in [3.8, 4) is 0 Å². The summed E-state index contributed by atoms with van der Waals surface area (Å²) in [6.07, 6.45) is 2.18. The molecular weight excluding hydrogens is 290 g/mol. The number of hydrogen-bond donors (Lipinski definition) is 1. The number of carbonyl (C=O) groups is 2. The van der Waals surface area contributed by atoms with Gasteiger partial charge < -0.3 is 10.1 Å². The summed E-state index contributed by atoms with van der Waals surface area (Å²) in [5.41, 5.74) is 0.384. The maximum Gasteiger partial charge on any atom is 0.246 e. The minimum atomic E-state index is -0.162. The lowest BCUT2D eigenvalue weighted by molar-refractivity contribution is -0.129. The first kappa shape index (κ1) is 27.0. The van der Waals surface area contributed by atoms with Gasteiger partial charge in [0.1, 0.15) is 13.2 Å². The van der Waals surface area contributed by atoms with Crippen molar-refractivity contribution in [2.75, 3.05) is 19.8 Å². The highest BCUT2D eigenvalue weighted by molar-refractivity contribution is 5.79. The van der Waals surface area contributed by atoms with Crippen LogP contribution in [0.15, 0.2) is 0 Å². The smallest absolute Gasteiger partial charge is 0.246 e. The van der Waals surface area contributed by atoms with E-state index in [1.54, 1.807) is 0 Å². The van der Waals surface area contributed by atoms with Crippen LogP contribution in [0.5, 0.6) is 0 Å². The summed E-state index contributed by atoms with van der Waals surface area (Å²) in [7, 11) is 0. The van der Waals surface area contributed by atoms with Crippen molar-refractivity contribution in [2.24, 2.45) is 10.8 Å². The third-order valence-corrected chi connectivity index (χ3v) is 2.85. The summed E-state index contributed by atoms with van der Waals surface area (Å²) in [4.78, 5) is 22.2. The summed E-state index contributed by atoms with van der Waals surface area (Å²) >= 11 is 0. The van der Waals surface area contributed by atoms with Crippen molar-refractivity contribution in [2.45, 2.75) is 82.1 Å². The fraction of sp³-hybridized carbons (Fsp3) is 0.895. The molecule has 0 aromatic rings. The van der Waals surface area contributed by atoms with Crippen molar-refractivity contribution >= 4 is 11.7 Å². The molecule has 0 rings (SSSR count). The lowest BCUT2D eigenvalue weighted by atomic mass is 9.80. The van der Waals surface area contributed by atoms with Gasteiger partial charge in [-0.05, 0) is 30.6 Å². The van der Waals surface area contributed by atoms with E-state index in [1.807, 2.05) is 27.7 Å². The highest BCUT2D eigenvalue weighted by Gasteiger charge is 2.22. The number of ketones is 1. The molecule has 4 nitrogen and oxygen atoms in total. The van der Waals surface area contributed by atoms with E-state index in [-0.39, 0.29) is 30.3 Å². The van der Waals surface area contributed by atoms with E-state index in [4.69, 9.17) is 4.74 Å². The van der Waals surface area contributed by atoms with Crippen LogP contribution in [0.2, 0.25) is 0 Å². The lowest BCUT2D eigenvalue weighted by Crippen LogP contribution is -2.36. The number of hydrogen-bond acceptors (Lipinski definition) is 3. The van der Waals surface area contributed by atoms with E-state index in [2.05, 4.69) is 39.9 Å². The van der Waals surface area contributed by atoms with Crippen molar-refractivity contribution in [1.29, 1.82) is 0 Å². The van der Waals surface area contributed by atoms with Gasteiger partial charge in [0.25, 0.3) is 0 Å². The molecule has 0 aromatic heterocycles. The second kappa shape index (κ2) is 14.7.